The van der Waals surface area contributed by atoms with Gasteiger partial charge in [0.2, 0.25) is 0 Å². The third-order valence-electron chi connectivity index (χ3n) is 3.05. The maximum absolute atomic E-state index is 10.3. The van der Waals surface area contributed by atoms with Crippen LogP contribution in [0.5, 0.6) is 0 Å². The Morgan fingerprint density at radius 2 is 1.88 bits per heavy atom. The van der Waals surface area contributed by atoms with Crippen LogP contribution in [0, 0.1) is 0 Å². The number of rotatable bonds is 4. The number of hydrogen-bond acceptors (Lipinski definition) is 3. The van der Waals surface area contributed by atoms with Gasteiger partial charge in [-0.2, -0.15) is 11.8 Å². The van der Waals surface area contributed by atoms with E-state index in [1.807, 2.05) is 30.0 Å². The molecule has 0 aliphatic carbocycles. The van der Waals surface area contributed by atoms with E-state index in [0.29, 0.717) is 6.54 Å². The lowest BCUT2D eigenvalue weighted by Gasteiger charge is -2.32. The Kier molecular flexibility index (Phi) is 4.27. The van der Waals surface area contributed by atoms with Gasteiger partial charge in [0.25, 0.3) is 0 Å². The second kappa shape index (κ2) is 5.71. The predicted octanol–water partition coefficient (Wildman–Crippen LogP) is 2.03. The molecule has 3 heteroatoms. The zero-order chi connectivity index (χ0) is 11.3. The van der Waals surface area contributed by atoms with Crippen molar-refractivity contribution in [1.82, 2.24) is 5.32 Å². The average molecular weight is 237 g/mol. The first kappa shape index (κ1) is 12.0. The van der Waals surface area contributed by atoms with E-state index in [0.717, 1.165) is 30.9 Å². The van der Waals surface area contributed by atoms with Gasteiger partial charge >= 0.3 is 0 Å². The molecule has 16 heavy (non-hydrogen) atoms. The lowest BCUT2D eigenvalue weighted by atomic mass is 9.97. The van der Waals surface area contributed by atoms with E-state index in [1.165, 1.54) is 5.56 Å². The Morgan fingerprint density at radius 1 is 1.19 bits per heavy atom. The van der Waals surface area contributed by atoms with Crippen LogP contribution in [0.2, 0.25) is 0 Å². The van der Waals surface area contributed by atoms with Gasteiger partial charge in [-0.3, -0.25) is 0 Å². The summed E-state index contributed by atoms with van der Waals surface area (Å²) in [5, 5.41) is 13.6. The summed E-state index contributed by atoms with van der Waals surface area (Å²) >= 11 is 1.94. The lowest BCUT2D eigenvalue weighted by molar-refractivity contribution is 0.0320. The quantitative estimate of drug-likeness (QED) is 0.840. The molecule has 88 valence electrons. The summed E-state index contributed by atoms with van der Waals surface area (Å²) in [6, 6.07) is 10.3. The molecule has 1 aromatic carbocycles. The third kappa shape index (κ3) is 3.51. The number of benzene rings is 1. The first-order valence-electron chi connectivity index (χ1n) is 5.83. The van der Waals surface area contributed by atoms with Gasteiger partial charge in [0.1, 0.15) is 0 Å². The fourth-order valence-corrected chi connectivity index (χ4v) is 3.22. The van der Waals surface area contributed by atoms with Crippen molar-refractivity contribution < 1.29 is 5.11 Å². The second-order valence-corrected chi connectivity index (χ2v) is 5.65. The molecule has 0 spiro atoms. The maximum Gasteiger partial charge on any atom is 0.0787 e. The summed E-state index contributed by atoms with van der Waals surface area (Å²) in [5.74, 6) is 2.17. The minimum Gasteiger partial charge on any atom is -0.389 e. The summed E-state index contributed by atoms with van der Waals surface area (Å²) in [4.78, 5) is 0. The lowest BCUT2D eigenvalue weighted by Crippen LogP contribution is -2.43. The highest BCUT2D eigenvalue weighted by Crippen LogP contribution is 2.26. The van der Waals surface area contributed by atoms with Crippen LogP contribution in [0.25, 0.3) is 0 Å². The van der Waals surface area contributed by atoms with Gasteiger partial charge in [-0.05, 0) is 29.9 Å². The summed E-state index contributed by atoms with van der Waals surface area (Å²) in [7, 11) is 0. The molecule has 1 aromatic rings. The van der Waals surface area contributed by atoms with Crippen LogP contribution in [0.3, 0.4) is 0 Å². The van der Waals surface area contributed by atoms with Gasteiger partial charge in [0, 0.05) is 13.1 Å². The van der Waals surface area contributed by atoms with Gasteiger partial charge in [0.15, 0.2) is 0 Å². The SMILES string of the molecule is OC1(CNCc2ccccc2)CCSCC1. The summed E-state index contributed by atoms with van der Waals surface area (Å²) < 4.78 is 0. The second-order valence-electron chi connectivity index (χ2n) is 4.43. The van der Waals surface area contributed by atoms with Crippen molar-refractivity contribution in [3.05, 3.63) is 35.9 Å². The van der Waals surface area contributed by atoms with Crippen molar-refractivity contribution >= 4 is 11.8 Å². The smallest absolute Gasteiger partial charge is 0.0787 e. The zero-order valence-electron chi connectivity index (χ0n) is 9.48. The molecule has 1 fully saturated rings. The van der Waals surface area contributed by atoms with Crippen molar-refractivity contribution in [3.63, 3.8) is 0 Å². The van der Waals surface area contributed by atoms with Crippen LogP contribution >= 0.6 is 11.8 Å². The summed E-state index contributed by atoms with van der Waals surface area (Å²) in [6.07, 6.45) is 1.83. The minimum atomic E-state index is -0.472. The Balaban J connectivity index is 1.75. The predicted molar refractivity (Wildman–Crippen MR) is 69.7 cm³/mol. The molecule has 1 aliphatic heterocycles. The molecule has 0 bridgehead atoms. The molecule has 0 saturated carbocycles. The number of nitrogens with one attached hydrogen (secondary N) is 1. The molecule has 1 heterocycles. The highest BCUT2D eigenvalue weighted by atomic mass is 32.2. The number of aliphatic hydroxyl groups is 1. The summed E-state index contributed by atoms with van der Waals surface area (Å²) in [5.41, 5.74) is 0.802. The largest absolute Gasteiger partial charge is 0.389 e. The number of thioether (sulfide) groups is 1. The van der Waals surface area contributed by atoms with Crippen LogP contribution < -0.4 is 5.32 Å². The molecular weight excluding hydrogens is 218 g/mol. The molecule has 0 radical (unpaired) electrons. The fraction of sp³-hybridized carbons (Fsp3) is 0.538. The third-order valence-corrected chi connectivity index (χ3v) is 4.04. The van der Waals surface area contributed by atoms with Crippen LogP contribution in [0.15, 0.2) is 30.3 Å². The highest BCUT2D eigenvalue weighted by Gasteiger charge is 2.28. The normalized spacial score (nSPS) is 19.6. The Morgan fingerprint density at radius 3 is 2.56 bits per heavy atom. The minimum absolute atomic E-state index is 0.472. The van der Waals surface area contributed by atoms with Crippen molar-refractivity contribution in [2.75, 3.05) is 18.1 Å². The van der Waals surface area contributed by atoms with Crippen molar-refractivity contribution in [2.45, 2.75) is 25.0 Å². The van der Waals surface area contributed by atoms with E-state index in [2.05, 4.69) is 17.4 Å². The first-order valence-corrected chi connectivity index (χ1v) is 6.99. The van der Waals surface area contributed by atoms with Crippen molar-refractivity contribution in [2.24, 2.45) is 0 Å². The Labute approximate surface area is 101 Å². The molecule has 2 rings (SSSR count). The van der Waals surface area contributed by atoms with Gasteiger partial charge in [-0.15, -0.1) is 0 Å². The van der Waals surface area contributed by atoms with Gasteiger partial charge < -0.3 is 10.4 Å². The molecule has 0 atom stereocenters. The van der Waals surface area contributed by atoms with Crippen molar-refractivity contribution in [3.8, 4) is 0 Å². The molecule has 1 aliphatic rings. The average Bonchev–Trinajstić information content (AvgIpc) is 2.31. The molecule has 0 amide bonds. The first-order chi connectivity index (χ1) is 7.79. The molecular formula is C13H19NOS. The van der Waals surface area contributed by atoms with Crippen LogP contribution in [-0.4, -0.2) is 28.8 Å². The van der Waals surface area contributed by atoms with E-state index in [9.17, 15) is 5.11 Å². The van der Waals surface area contributed by atoms with E-state index < -0.39 is 5.60 Å². The highest BCUT2D eigenvalue weighted by molar-refractivity contribution is 7.99. The van der Waals surface area contributed by atoms with Gasteiger partial charge in [-0.1, -0.05) is 30.3 Å². The van der Waals surface area contributed by atoms with Crippen LogP contribution in [-0.2, 0) is 6.54 Å². The zero-order valence-corrected chi connectivity index (χ0v) is 10.3. The fourth-order valence-electron chi connectivity index (χ4n) is 1.96. The Hall–Kier alpha value is -0.510. The van der Waals surface area contributed by atoms with E-state index in [-0.39, 0.29) is 0 Å². The van der Waals surface area contributed by atoms with Gasteiger partial charge in [0.05, 0.1) is 5.60 Å². The summed E-state index contributed by atoms with van der Waals surface area (Å²) in [6.45, 7) is 1.55. The molecule has 0 aromatic heterocycles. The number of hydrogen-bond donors (Lipinski definition) is 2. The monoisotopic (exact) mass is 237 g/mol. The van der Waals surface area contributed by atoms with Crippen LogP contribution in [0.4, 0.5) is 0 Å². The standard InChI is InChI=1S/C13H19NOS/c15-13(6-8-16-9-7-13)11-14-10-12-4-2-1-3-5-12/h1-5,14-15H,6-11H2. The Bertz CT molecular complexity index is 309. The van der Waals surface area contributed by atoms with E-state index >= 15 is 0 Å². The van der Waals surface area contributed by atoms with Gasteiger partial charge in [-0.25, -0.2) is 0 Å². The molecule has 0 unspecified atom stereocenters. The topological polar surface area (TPSA) is 32.3 Å². The van der Waals surface area contributed by atoms with Crippen LogP contribution in [0.1, 0.15) is 18.4 Å². The molecule has 2 nitrogen and oxygen atoms in total. The van der Waals surface area contributed by atoms with Crippen molar-refractivity contribution in [1.29, 1.82) is 0 Å². The van der Waals surface area contributed by atoms with E-state index in [1.54, 1.807) is 0 Å². The maximum atomic E-state index is 10.3. The molecule has 2 N–H and O–H groups in total. The molecule has 1 saturated heterocycles. The van der Waals surface area contributed by atoms with E-state index in [4.69, 9.17) is 0 Å².